The number of rotatable bonds is 6. The lowest BCUT2D eigenvalue weighted by Crippen LogP contribution is -2.24. The molecule has 5 nitrogen and oxygen atoms in total. The Morgan fingerprint density at radius 3 is 2.76 bits per heavy atom. The van der Waals surface area contributed by atoms with E-state index in [1.54, 1.807) is 30.5 Å². The number of nitrogens with one attached hydrogen (secondary N) is 1. The fraction of sp³-hybridized carbons (Fsp3) is 0.167. The Bertz CT molecular complexity index is 851. The van der Waals surface area contributed by atoms with E-state index in [2.05, 4.69) is 15.3 Å². The third kappa shape index (κ3) is 4.90. The molecule has 0 unspecified atom stereocenters. The number of aryl methyl sites for hydroxylation is 1. The molecule has 0 aliphatic heterocycles. The molecule has 0 saturated heterocycles. The van der Waals surface area contributed by atoms with Gasteiger partial charge in [0.1, 0.15) is 16.6 Å². The van der Waals surface area contributed by atoms with Gasteiger partial charge in [0.25, 0.3) is 0 Å². The van der Waals surface area contributed by atoms with Crippen molar-refractivity contribution in [3.8, 4) is 11.4 Å². The zero-order chi connectivity index (χ0) is 17.6. The number of furan rings is 1. The van der Waals surface area contributed by atoms with Crippen molar-refractivity contribution >= 4 is 17.7 Å². The summed E-state index contributed by atoms with van der Waals surface area (Å²) in [5, 5.41) is 3.48. The Hall–Kier alpha value is -2.67. The number of aromatic nitrogens is 2. The Kier molecular flexibility index (Phi) is 5.45. The van der Waals surface area contributed by atoms with Crippen LogP contribution in [0.4, 0.5) is 4.39 Å². The summed E-state index contributed by atoms with van der Waals surface area (Å²) in [6.07, 6.45) is 1.57. The quantitative estimate of drug-likeness (QED) is 0.539. The van der Waals surface area contributed by atoms with Crippen molar-refractivity contribution in [2.24, 2.45) is 0 Å². The van der Waals surface area contributed by atoms with Crippen LogP contribution in [0, 0.1) is 12.7 Å². The van der Waals surface area contributed by atoms with E-state index in [-0.39, 0.29) is 17.5 Å². The molecular formula is C18H16FN3O2S. The van der Waals surface area contributed by atoms with Crippen LogP contribution in [0.5, 0.6) is 0 Å². The van der Waals surface area contributed by atoms with E-state index in [0.29, 0.717) is 23.2 Å². The molecule has 3 aromatic rings. The molecule has 25 heavy (non-hydrogen) atoms. The van der Waals surface area contributed by atoms with Gasteiger partial charge < -0.3 is 9.73 Å². The van der Waals surface area contributed by atoms with Gasteiger partial charge in [0.2, 0.25) is 5.91 Å². The summed E-state index contributed by atoms with van der Waals surface area (Å²) in [6.45, 7) is 2.21. The monoisotopic (exact) mass is 357 g/mol. The lowest BCUT2D eigenvalue weighted by atomic mass is 10.2. The number of hydrogen-bond acceptors (Lipinski definition) is 5. The second-order valence-corrected chi connectivity index (χ2v) is 6.32. The maximum atomic E-state index is 13.0. The molecule has 0 bridgehead atoms. The van der Waals surface area contributed by atoms with Crippen molar-refractivity contribution in [2.75, 3.05) is 5.75 Å². The Morgan fingerprint density at radius 1 is 1.24 bits per heavy atom. The number of nitrogens with zero attached hydrogens (tertiary/aromatic N) is 2. The number of carbonyl (C=O) groups is 1. The van der Waals surface area contributed by atoms with Crippen LogP contribution < -0.4 is 5.32 Å². The van der Waals surface area contributed by atoms with E-state index in [4.69, 9.17) is 4.42 Å². The summed E-state index contributed by atoms with van der Waals surface area (Å²) in [5.41, 5.74) is 1.52. The highest BCUT2D eigenvalue weighted by Gasteiger charge is 2.09. The van der Waals surface area contributed by atoms with Crippen LogP contribution in [0.25, 0.3) is 11.4 Å². The number of amides is 1. The van der Waals surface area contributed by atoms with Gasteiger partial charge in [0.05, 0.1) is 18.6 Å². The van der Waals surface area contributed by atoms with Crippen LogP contribution in [-0.2, 0) is 11.3 Å². The molecule has 3 rings (SSSR count). The average molecular weight is 357 g/mol. The lowest BCUT2D eigenvalue weighted by molar-refractivity contribution is -0.118. The Morgan fingerprint density at radius 2 is 2.04 bits per heavy atom. The number of halogens is 1. The summed E-state index contributed by atoms with van der Waals surface area (Å²) in [7, 11) is 0. The minimum atomic E-state index is -0.306. The number of carbonyl (C=O) groups excluding carboxylic acids is 1. The SMILES string of the molecule is Cc1cc(SCC(=O)NCc2ccco2)nc(-c2ccc(F)cc2)n1. The van der Waals surface area contributed by atoms with Crippen molar-refractivity contribution in [1.29, 1.82) is 0 Å². The third-order valence-electron chi connectivity index (χ3n) is 3.32. The molecule has 1 aromatic carbocycles. The van der Waals surface area contributed by atoms with Crippen molar-refractivity contribution in [1.82, 2.24) is 15.3 Å². The van der Waals surface area contributed by atoms with Crippen LogP contribution >= 0.6 is 11.8 Å². The summed E-state index contributed by atoms with van der Waals surface area (Å²) >= 11 is 1.32. The number of benzene rings is 1. The van der Waals surface area contributed by atoms with Crippen LogP contribution in [-0.4, -0.2) is 21.6 Å². The van der Waals surface area contributed by atoms with Gasteiger partial charge in [0, 0.05) is 11.3 Å². The molecule has 128 valence electrons. The van der Waals surface area contributed by atoms with Gasteiger partial charge in [0.15, 0.2) is 5.82 Å². The first-order valence-electron chi connectivity index (χ1n) is 7.63. The maximum Gasteiger partial charge on any atom is 0.230 e. The molecule has 2 heterocycles. The van der Waals surface area contributed by atoms with Crippen LogP contribution in [0.15, 0.2) is 58.2 Å². The lowest BCUT2D eigenvalue weighted by Gasteiger charge is -2.06. The first-order chi connectivity index (χ1) is 12.1. The molecule has 7 heteroatoms. The van der Waals surface area contributed by atoms with Crippen LogP contribution in [0.1, 0.15) is 11.5 Å². The smallest absolute Gasteiger partial charge is 0.230 e. The summed E-state index contributed by atoms with van der Waals surface area (Å²) < 4.78 is 18.2. The topological polar surface area (TPSA) is 68.0 Å². The van der Waals surface area contributed by atoms with Gasteiger partial charge >= 0.3 is 0 Å². The van der Waals surface area contributed by atoms with Crippen LogP contribution in [0.2, 0.25) is 0 Å². The standard InChI is InChI=1S/C18H16FN3O2S/c1-12-9-17(22-18(21-12)13-4-6-14(19)7-5-13)25-11-16(23)20-10-15-3-2-8-24-15/h2-9H,10-11H2,1H3,(H,20,23). The van der Waals surface area contributed by atoms with Crippen molar-refractivity contribution in [2.45, 2.75) is 18.5 Å². The van der Waals surface area contributed by atoms with E-state index < -0.39 is 0 Å². The van der Waals surface area contributed by atoms with E-state index in [1.165, 1.54) is 23.9 Å². The average Bonchev–Trinajstić information content (AvgIpc) is 3.12. The predicted octanol–water partition coefficient (Wildman–Crippen LogP) is 3.59. The molecule has 1 amide bonds. The minimum Gasteiger partial charge on any atom is -0.467 e. The molecule has 0 radical (unpaired) electrons. The highest BCUT2D eigenvalue weighted by atomic mass is 32.2. The fourth-order valence-electron chi connectivity index (χ4n) is 2.13. The fourth-order valence-corrected chi connectivity index (χ4v) is 2.92. The van der Waals surface area contributed by atoms with E-state index in [1.807, 2.05) is 13.0 Å². The van der Waals surface area contributed by atoms with Crippen molar-refractivity contribution < 1.29 is 13.6 Å². The van der Waals surface area contributed by atoms with Gasteiger partial charge in [-0.15, -0.1) is 0 Å². The molecule has 0 aliphatic carbocycles. The largest absolute Gasteiger partial charge is 0.467 e. The second-order valence-electron chi connectivity index (χ2n) is 5.32. The zero-order valence-corrected chi connectivity index (χ0v) is 14.3. The molecule has 0 aliphatic rings. The van der Waals surface area contributed by atoms with Crippen LogP contribution in [0.3, 0.4) is 0 Å². The molecule has 0 fully saturated rings. The third-order valence-corrected chi connectivity index (χ3v) is 4.24. The Labute approximate surface area is 148 Å². The van der Waals surface area contributed by atoms with Gasteiger partial charge in [-0.05, 0) is 49.4 Å². The van der Waals surface area contributed by atoms with E-state index in [0.717, 1.165) is 11.3 Å². The number of hydrogen-bond donors (Lipinski definition) is 1. The van der Waals surface area contributed by atoms with E-state index >= 15 is 0 Å². The molecular weight excluding hydrogens is 341 g/mol. The first-order valence-corrected chi connectivity index (χ1v) is 8.62. The van der Waals surface area contributed by atoms with E-state index in [9.17, 15) is 9.18 Å². The molecule has 0 atom stereocenters. The summed E-state index contributed by atoms with van der Waals surface area (Å²) in [6, 6.07) is 11.4. The normalized spacial score (nSPS) is 10.6. The molecule has 0 spiro atoms. The van der Waals surface area contributed by atoms with Gasteiger partial charge in [-0.3, -0.25) is 4.79 Å². The second kappa shape index (κ2) is 7.94. The minimum absolute atomic E-state index is 0.110. The summed E-state index contributed by atoms with van der Waals surface area (Å²) in [5.74, 6) is 1.04. The molecule has 2 aromatic heterocycles. The Balaban J connectivity index is 1.62. The molecule has 1 N–H and O–H groups in total. The zero-order valence-electron chi connectivity index (χ0n) is 13.5. The number of thioether (sulfide) groups is 1. The summed E-state index contributed by atoms with van der Waals surface area (Å²) in [4.78, 5) is 20.7. The first kappa shape index (κ1) is 17.2. The van der Waals surface area contributed by atoms with Gasteiger partial charge in [-0.1, -0.05) is 11.8 Å². The van der Waals surface area contributed by atoms with Gasteiger partial charge in [-0.25, -0.2) is 14.4 Å². The van der Waals surface area contributed by atoms with Crippen molar-refractivity contribution in [3.05, 3.63) is 66.0 Å². The van der Waals surface area contributed by atoms with Crippen molar-refractivity contribution in [3.63, 3.8) is 0 Å². The predicted molar refractivity (Wildman–Crippen MR) is 93.4 cm³/mol. The maximum absolute atomic E-state index is 13.0. The highest BCUT2D eigenvalue weighted by Crippen LogP contribution is 2.21. The highest BCUT2D eigenvalue weighted by molar-refractivity contribution is 7.99. The van der Waals surface area contributed by atoms with Gasteiger partial charge in [-0.2, -0.15) is 0 Å². The molecule has 0 saturated carbocycles.